The van der Waals surface area contributed by atoms with Crippen LogP contribution in [0.15, 0.2) is 6.07 Å². The molecular formula is C9H4F4O3. The number of Topliss-reactive ketones (excluding diaryl/α,β-unsaturated/α-hetero) is 1. The topological polar surface area (TPSA) is 54.4 Å². The van der Waals surface area contributed by atoms with Crippen LogP contribution in [0.4, 0.5) is 17.6 Å². The maximum absolute atomic E-state index is 12.9. The minimum absolute atomic E-state index is 0.0672. The van der Waals surface area contributed by atoms with Crippen molar-refractivity contribution in [1.82, 2.24) is 0 Å². The molecule has 7 heteroatoms. The van der Waals surface area contributed by atoms with Crippen LogP contribution in [0.25, 0.3) is 0 Å². The van der Waals surface area contributed by atoms with Crippen molar-refractivity contribution < 1.29 is 32.3 Å². The van der Waals surface area contributed by atoms with Crippen molar-refractivity contribution >= 4 is 11.8 Å². The van der Waals surface area contributed by atoms with E-state index in [1.54, 1.807) is 0 Å². The molecule has 0 atom stereocenters. The first-order valence-electron chi connectivity index (χ1n) is 3.92. The molecule has 0 heterocycles. The lowest BCUT2D eigenvalue weighted by atomic mass is 10.1. The first-order valence-corrected chi connectivity index (χ1v) is 3.92. The Balaban J connectivity index is 3.32. The lowest BCUT2D eigenvalue weighted by Crippen LogP contribution is -2.13. The normalized spacial score (nSPS) is 10.2. The molecule has 0 radical (unpaired) electrons. The third-order valence-corrected chi connectivity index (χ3v) is 1.70. The maximum Gasteiger partial charge on any atom is 0.311 e. The van der Waals surface area contributed by atoms with Crippen molar-refractivity contribution in [3.63, 3.8) is 0 Å². The molecule has 0 saturated carbocycles. The Kier molecular flexibility index (Phi) is 3.26. The zero-order valence-corrected chi connectivity index (χ0v) is 7.56. The van der Waals surface area contributed by atoms with Crippen LogP contribution in [0.3, 0.4) is 0 Å². The van der Waals surface area contributed by atoms with E-state index < -0.39 is 47.0 Å². The number of carboxylic acids is 1. The Morgan fingerprint density at radius 3 is 1.88 bits per heavy atom. The fourth-order valence-electron chi connectivity index (χ4n) is 1.04. The van der Waals surface area contributed by atoms with Crippen LogP contribution in [-0.4, -0.2) is 16.9 Å². The Hall–Kier alpha value is -1.92. The Bertz CT molecular complexity index is 444. The number of hydrogen-bond acceptors (Lipinski definition) is 2. The lowest BCUT2D eigenvalue weighted by molar-refractivity contribution is -0.135. The van der Waals surface area contributed by atoms with Gasteiger partial charge in [-0.3, -0.25) is 9.59 Å². The van der Waals surface area contributed by atoms with E-state index in [2.05, 4.69) is 0 Å². The number of rotatable bonds is 3. The molecule has 0 amide bonds. The largest absolute Gasteiger partial charge is 0.481 e. The second-order valence-corrected chi connectivity index (χ2v) is 2.84. The van der Waals surface area contributed by atoms with Gasteiger partial charge in [0.25, 0.3) is 0 Å². The molecule has 1 aromatic carbocycles. The Morgan fingerprint density at radius 1 is 1.06 bits per heavy atom. The van der Waals surface area contributed by atoms with Crippen LogP contribution in [-0.2, 0) is 4.79 Å². The molecule has 0 aliphatic rings. The molecular weight excluding hydrogens is 232 g/mol. The quantitative estimate of drug-likeness (QED) is 0.377. The van der Waals surface area contributed by atoms with Gasteiger partial charge in [-0.1, -0.05) is 0 Å². The number of carboxylic acid groups (broad SMARTS) is 1. The molecule has 1 N–H and O–H groups in total. The third kappa shape index (κ3) is 2.18. The molecule has 86 valence electrons. The first-order chi connectivity index (χ1) is 7.34. The van der Waals surface area contributed by atoms with E-state index >= 15 is 0 Å². The van der Waals surface area contributed by atoms with Gasteiger partial charge < -0.3 is 5.11 Å². The van der Waals surface area contributed by atoms with Gasteiger partial charge in [0.05, 0.1) is 5.56 Å². The average molecular weight is 236 g/mol. The van der Waals surface area contributed by atoms with Crippen LogP contribution in [0.2, 0.25) is 0 Å². The molecule has 0 aliphatic heterocycles. The highest BCUT2D eigenvalue weighted by molar-refractivity contribution is 6.05. The van der Waals surface area contributed by atoms with E-state index in [-0.39, 0.29) is 6.07 Å². The summed E-state index contributed by atoms with van der Waals surface area (Å²) in [5.74, 6) is -10.5. The Morgan fingerprint density at radius 2 is 1.50 bits per heavy atom. The minimum atomic E-state index is -1.90. The highest BCUT2D eigenvalue weighted by Crippen LogP contribution is 2.20. The SMILES string of the molecule is O=C(O)CC(=O)c1c(F)c(F)cc(F)c1F. The van der Waals surface area contributed by atoms with E-state index in [1.807, 2.05) is 0 Å². The van der Waals surface area contributed by atoms with Crippen LogP contribution in [0, 0.1) is 23.3 Å². The highest BCUT2D eigenvalue weighted by Gasteiger charge is 2.25. The summed E-state index contributed by atoms with van der Waals surface area (Å²) in [6, 6.07) is -0.0672. The number of carbonyl (C=O) groups excluding carboxylic acids is 1. The fraction of sp³-hybridized carbons (Fsp3) is 0.111. The Labute approximate surface area is 86.3 Å². The van der Waals surface area contributed by atoms with Crippen molar-refractivity contribution in [2.24, 2.45) is 0 Å². The maximum atomic E-state index is 12.9. The number of carbonyl (C=O) groups is 2. The number of aliphatic carboxylic acids is 1. The van der Waals surface area contributed by atoms with Crippen molar-refractivity contribution in [1.29, 1.82) is 0 Å². The van der Waals surface area contributed by atoms with Gasteiger partial charge in [0.15, 0.2) is 29.1 Å². The molecule has 0 saturated heterocycles. The van der Waals surface area contributed by atoms with Gasteiger partial charge in [-0.2, -0.15) is 0 Å². The summed E-state index contributed by atoms with van der Waals surface area (Å²) < 4.78 is 51.2. The number of benzene rings is 1. The van der Waals surface area contributed by atoms with E-state index in [9.17, 15) is 27.2 Å². The van der Waals surface area contributed by atoms with E-state index in [1.165, 1.54) is 0 Å². The lowest BCUT2D eigenvalue weighted by Gasteiger charge is -2.04. The zero-order chi connectivity index (χ0) is 12.5. The van der Waals surface area contributed by atoms with Gasteiger partial charge in [0.1, 0.15) is 6.42 Å². The van der Waals surface area contributed by atoms with Crippen LogP contribution < -0.4 is 0 Å². The second kappa shape index (κ2) is 4.30. The molecule has 16 heavy (non-hydrogen) atoms. The van der Waals surface area contributed by atoms with Crippen molar-refractivity contribution in [3.05, 3.63) is 34.9 Å². The smallest absolute Gasteiger partial charge is 0.311 e. The highest BCUT2D eigenvalue weighted by atomic mass is 19.2. The summed E-state index contributed by atoms with van der Waals surface area (Å²) in [6.07, 6.45) is -1.25. The molecule has 0 bridgehead atoms. The van der Waals surface area contributed by atoms with Gasteiger partial charge in [-0.05, 0) is 0 Å². The van der Waals surface area contributed by atoms with E-state index in [0.29, 0.717) is 0 Å². The third-order valence-electron chi connectivity index (χ3n) is 1.70. The number of halogens is 4. The molecule has 0 spiro atoms. The van der Waals surface area contributed by atoms with Crippen molar-refractivity contribution in [2.75, 3.05) is 0 Å². The summed E-state index contributed by atoms with van der Waals surface area (Å²) in [7, 11) is 0. The van der Waals surface area contributed by atoms with Gasteiger partial charge in [0.2, 0.25) is 0 Å². The van der Waals surface area contributed by atoms with Crippen LogP contribution in [0.5, 0.6) is 0 Å². The molecule has 1 rings (SSSR count). The van der Waals surface area contributed by atoms with Crippen LogP contribution >= 0.6 is 0 Å². The molecule has 0 unspecified atom stereocenters. The fourth-order valence-corrected chi connectivity index (χ4v) is 1.04. The second-order valence-electron chi connectivity index (χ2n) is 2.84. The monoisotopic (exact) mass is 236 g/mol. The molecule has 0 aliphatic carbocycles. The summed E-state index contributed by atoms with van der Waals surface area (Å²) in [6.45, 7) is 0. The van der Waals surface area contributed by atoms with Gasteiger partial charge in [-0.25, -0.2) is 17.6 Å². The molecule has 3 nitrogen and oxygen atoms in total. The summed E-state index contributed by atoms with van der Waals surface area (Å²) in [5, 5.41) is 8.21. The molecule has 1 aromatic rings. The predicted octanol–water partition coefficient (Wildman–Crippen LogP) is 1.90. The standard InChI is InChI=1S/C9H4F4O3/c10-3-1-4(11)9(13)7(8(3)12)5(14)2-6(15)16/h1H,2H2,(H,15,16). The van der Waals surface area contributed by atoms with Crippen LogP contribution in [0.1, 0.15) is 16.8 Å². The number of hydrogen-bond donors (Lipinski definition) is 1. The average Bonchev–Trinajstić information content (AvgIpc) is 2.14. The van der Waals surface area contributed by atoms with Crippen molar-refractivity contribution in [3.8, 4) is 0 Å². The van der Waals surface area contributed by atoms with Gasteiger partial charge in [-0.15, -0.1) is 0 Å². The minimum Gasteiger partial charge on any atom is -0.481 e. The van der Waals surface area contributed by atoms with E-state index in [0.717, 1.165) is 0 Å². The first kappa shape index (κ1) is 12.2. The number of ketones is 1. The summed E-state index contributed by atoms with van der Waals surface area (Å²) in [5.41, 5.74) is -1.51. The summed E-state index contributed by atoms with van der Waals surface area (Å²) >= 11 is 0. The van der Waals surface area contributed by atoms with E-state index in [4.69, 9.17) is 5.11 Å². The molecule has 0 aromatic heterocycles. The van der Waals surface area contributed by atoms with Crippen molar-refractivity contribution in [2.45, 2.75) is 6.42 Å². The zero-order valence-electron chi connectivity index (χ0n) is 7.56. The van der Waals surface area contributed by atoms with Gasteiger partial charge >= 0.3 is 5.97 Å². The molecule has 0 fully saturated rings. The predicted molar refractivity (Wildman–Crippen MR) is 42.9 cm³/mol. The summed E-state index contributed by atoms with van der Waals surface area (Å²) in [4.78, 5) is 21.1. The van der Waals surface area contributed by atoms with Gasteiger partial charge in [0, 0.05) is 6.07 Å².